The standard InChI is InChI=1S/C27H35N3O3/c1-4-5-9-23-21(18-26(33-3)24-12-11-22(32-2)19-25(23)24)10-13-27(31)29-15-6-7-16-30-17-8-14-28-20-30/h8,10-14,18-20H,4-7,9,15-17H2,1-3H3,(H,29,31). The normalized spacial score (nSPS) is 13.1. The van der Waals surface area contributed by atoms with Crippen LogP contribution in [0.25, 0.3) is 16.8 Å². The third-order valence-electron chi connectivity index (χ3n) is 5.80. The van der Waals surface area contributed by atoms with E-state index in [4.69, 9.17) is 9.47 Å². The number of aliphatic imine (C=N–C) groups is 1. The van der Waals surface area contributed by atoms with Crippen LogP contribution in [0, 0.1) is 0 Å². The van der Waals surface area contributed by atoms with Gasteiger partial charge in [-0.3, -0.25) is 4.79 Å². The zero-order chi connectivity index (χ0) is 23.5. The Morgan fingerprint density at radius 3 is 2.76 bits per heavy atom. The summed E-state index contributed by atoms with van der Waals surface area (Å²) in [6.45, 7) is 4.69. The van der Waals surface area contributed by atoms with Gasteiger partial charge in [-0.2, -0.15) is 0 Å². The highest BCUT2D eigenvalue weighted by Crippen LogP contribution is 2.35. The van der Waals surface area contributed by atoms with Crippen LogP contribution < -0.4 is 14.8 Å². The smallest absolute Gasteiger partial charge is 0.243 e. The number of benzene rings is 2. The Labute approximate surface area is 197 Å². The van der Waals surface area contributed by atoms with Crippen LogP contribution >= 0.6 is 0 Å². The monoisotopic (exact) mass is 449 g/mol. The molecule has 3 rings (SSSR count). The van der Waals surface area contributed by atoms with E-state index in [-0.39, 0.29) is 5.91 Å². The highest BCUT2D eigenvalue weighted by atomic mass is 16.5. The van der Waals surface area contributed by atoms with E-state index in [2.05, 4.69) is 28.2 Å². The largest absolute Gasteiger partial charge is 0.497 e. The average molecular weight is 450 g/mol. The zero-order valence-electron chi connectivity index (χ0n) is 20.0. The number of nitrogens with one attached hydrogen (secondary N) is 1. The van der Waals surface area contributed by atoms with Crippen molar-refractivity contribution in [1.29, 1.82) is 0 Å². The van der Waals surface area contributed by atoms with Crippen LogP contribution in [0.15, 0.2) is 47.6 Å². The third kappa shape index (κ3) is 6.85. The number of fused-ring (bicyclic) bond motifs is 1. The number of rotatable bonds is 12. The van der Waals surface area contributed by atoms with E-state index in [0.717, 1.165) is 73.0 Å². The maximum absolute atomic E-state index is 12.4. The van der Waals surface area contributed by atoms with Gasteiger partial charge >= 0.3 is 0 Å². The quantitative estimate of drug-likeness (QED) is 0.367. The maximum Gasteiger partial charge on any atom is 0.243 e. The lowest BCUT2D eigenvalue weighted by atomic mass is 9.93. The first-order chi connectivity index (χ1) is 16.2. The zero-order valence-corrected chi connectivity index (χ0v) is 20.0. The summed E-state index contributed by atoms with van der Waals surface area (Å²) < 4.78 is 11.1. The van der Waals surface area contributed by atoms with Crippen LogP contribution in [0.4, 0.5) is 0 Å². The van der Waals surface area contributed by atoms with Gasteiger partial charge in [-0.05, 0) is 78.6 Å². The highest BCUT2D eigenvalue weighted by molar-refractivity contribution is 5.97. The van der Waals surface area contributed by atoms with Crippen molar-refractivity contribution in [2.24, 2.45) is 4.99 Å². The van der Waals surface area contributed by atoms with Crippen molar-refractivity contribution in [3.63, 3.8) is 0 Å². The first kappa shape index (κ1) is 24.4. The van der Waals surface area contributed by atoms with Crippen molar-refractivity contribution in [1.82, 2.24) is 10.2 Å². The number of ether oxygens (including phenoxy) is 2. The van der Waals surface area contributed by atoms with Crippen molar-refractivity contribution < 1.29 is 14.3 Å². The van der Waals surface area contributed by atoms with Crippen molar-refractivity contribution >= 4 is 29.1 Å². The molecular formula is C27H35N3O3. The summed E-state index contributed by atoms with van der Waals surface area (Å²) in [4.78, 5) is 18.7. The number of methoxy groups -OCH3 is 2. The summed E-state index contributed by atoms with van der Waals surface area (Å²) in [6.07, 6.45) is 14.3. The molecule has 1 aliphatic rings. The first-order valence-corrected chi connectivity index (χ1v) is 11.7. The number of amides is 1. The van der Waals surface area contributed by atoms with Gasteiger partial charge in [0.05, 0.1) is 20.6 Å². The number of aryl methyl sites for hydroxylation is 1. The molecular weight excluding hydrogens is 414 g/mol. The average Bonchev–Trinajstić information content (AvgIpc) is 2.86. The molecule has 0 aromatic heterocycles. The van der Waals surface area contributed by atoms with Crippen LogP contribution in [-0.2, 0) is 11.2 Å². The Bertz CT molecular complexity index is 1030. The molecule has 1 heterocycles. The van der Waals surface area contributed by atoms with Crippen LogP contribution in [0.2, 0.25) is 0 Å². The summed E-state index contributed by atoms with van der Waals surface area (Å²) in [5, 5.41) is 5.16. The predicted octanol–water partition coefficient (Wildman–Crippen LogP) is 4.97. The molecule has 2 aromatic carbocycles. The third-order valence-corrected chi connectivity index (χ3v) is 5.80. The second kappa shape index (κ2) is 12.7. The molecule has 1 amide bonds. The molecule has 6 nitrogen and oxygen atoms in total. The molecule has 0 bridgehead atoms. The second-order valence-electron chi connectivity index (χ2n) is 8.14. The van der Waals surface area contributed by atoms with E-state index >= 15 is 0 Å². The number of carbonyl (C=O) groups is 1. The summed E-state index contributed by atoms with van der Waals surface area (Å²) in [5.74, 6) is 1.53. The van der Waals surface area contributed by atoms with E-state index in [1.807, 2.05) is 42.9 Å². The van der Waals surface area contributed by atoms with Crippen molar-refractivity contribution in [3.8, 4) is 11.5 Å². The van der Waals surface area contributed by atoms with Crippen LogP contribution in [-0.4, -0.2) is 51.0 Å². The lowest BCUT2D eigenvalue weighted by molar-refractivity contribution is -0.116. The molecule has 33 heavy (non-hydrogen) atoms. The Morgan fingerprint density at radius 2 is 2.03 bits per heavy atom. The lowest BCUT2D eigenvalue weighted by Gasteiger charge is -2.18. The minimum atomic E-state index is -0.0800. The Kier molecular flexibility index (Phi) is 9.36. The molecule has 1 N–H and O–H groups in total. The molecule has 0 radical (unpaired) electrons. The van der Waals surface area contributed by atoms with Crippen LogP contribution in [0.3, 0.4) is 0 Å². The van der Waals surface area contributed by atoms with Crippen LogP contribution in [0.5, 0.6) is 11.5 Å². The fourth-order valence-electron chi connectivity index (χ4n) is 3.97. The Balaban J connectivity index is 1.67. The molecule has 0 saturated heterocycles. The van der Waals surface area contributed by atoms with Gasteiger partial charge in [0.25, 0.3) is 0 Å². The molecule has 0 saturated carbocycles. The van der Waals surface area contributed by atoms with Gasteiger partial charge in [-0.15, -0.1) is 0 Å². The van der Waals surface area contributed by atoms with Gasteiger partial charge in [0.1, 0.15) is 11.5 Å². The van der Waals surface area contributed by atoms with Crippen molar-refractivity contribution in [2.75, 3.05) is 33.9 Å². The van der Waals surface area contributed by atoms with E-state index in [1.165, 1.54) is 5.56 Å². The van der Waals surface area contributed by atoms with Gasteiger partial charge in [-0.1, -0.05) is 13.3 Å². The molecule has 0 aliphatic carbocycles. The first-order valence-electron chi connectivity index (χ1n) is 11.7. The number of unbranched alkanes of at least 4 members (excludes halogenated alkanes) is 2. The summed E-state index contributed by atoms with van der Waals surface area (Å²) in [7, 11) is 3.35. The van der Waals surface area contributed by atoms with Crippen molar-refractivity contribution in [3.05, 3.63) is 53.7 Å². The SMILES string of the molecule is CCCCc1c(C=CC(=O)NCCCCN2C=NC=CC2)cc(OC)c2ccc(OC)cc12. The van der Waals surface area contributed by atoms with E-state index in [9.17, 15) is 4.79 Å². The Hall–Kier alpha value is -3.28. The minimum Gasteiger partial charge on any atom is -0.497 e. The van der Waals surface area contributed by atoms with Gasteiger partial charge in [0.2, 0.25) is 5.91 Å². The van der Waals surface area contributed by atoms with Crippen LogP contribution in [0.1, 0.15) is 43.7 Å². The molecule has 6 heteroatoms. The van der Waals surface area contributed by atoms with Gasteiger partial charge in [-0.25, -0.2) is 4.99 Å². The highest BCUT2D eigenvalue weighted by Gasteiger charge is 2.13. The van der Waals surface area contributed by atoms with E-state index in [0.29, 0.717) is 6.54 Å². The molecule has 0 fully saturated rings. The number of hydrogen-bond donors (Lipinski definition) is 1. The lowest BCUT2D eigenvalue weighted by Crippen LogP contribution is -2.26. The Morgan fingerprint density at radius 1 is 1.15 bits per heavy atom. The molecule has 0 unspecified atom stereocenters. The molecule has 1 aliphatic heterocycles. The molecule has 0 spiro atoms. The summed E-state index contributed by atoms with van der Waals surface area (Å²) in [5.41, 5.74) is 2.22. The number of hydrogen-bond acceptors (Lipinski definition) is 5. The molecule has 2 aromatic rings. The second-order valence-corrected chi connectivity index (χ2v) is 8.14. The summed E-state index contributed by atoms with van der Waals surface area (Å²) >= 11 is 0. The van der Waals surface area contributed by atoms with E-state index in [1.54, 1.807) is 20.3 Å². The fraction of sp³-hybridized carbons (Fsp3) is 0.407. The van der Waals surface area contributed by atoms with E-state index < -0.39 is 0 Å². The molecule has 176 valence electrons. The van der Waals surface area contributed by atoms with Gasteiger partial charge in [0, 0.05) is 37.3 Å². The topological polar surface area (TPSA) is 63.2 Å². The summed E-state index contributed by atoms with van der Waals surface area (Å²) in [6, 6.07) is 8.07. The van der Waals surface area contributed by atoms with Gasteiger partial charge in [0.15, 0.2) is 0 Å². The number of nitrogens with zero attached hydrogens (tertiary/aromatic N) is 2. The van der Waals surface area contributed by atoms with Crippen molar-refractivity contribution in [2.45, 2.75) is 39.0 Å². The maximum atomic E-state index is 12.4. The van der Waals surface area contributed by atoms with Gasteiger partial charge < -0.3 is 19.7 Å². The minimum absolute atomic E-state index is 0.0800. The molecule has 0 atom stereocenters. The number of carbonyl (C=O) groups excluding carboxylic acids is 1. The predicted molar refractivity (Wildman–Crippen MR) is 136 cm³/mol. The fourth-order valence-corrected chi connectivity index (χ4v) is 3.97.